The van der Waals surface area contributed by atoms with Gasteiger partial charge in [0, 0.05) is 86.3 Å². The lowest BCUT2D eigenvalue weighted by atomic mass is 9.77. The maximum Gasteiger partial charge on any atom is 0.264 e. The van der Waals surface area contributed by atoms with Gasteiger partial charge in [0.25, 0.3) is 11.8 Å². The Bertz CT molecular complexity index is 2680. The fourth-order valence-corrected chi connectivity index (χ4v) is 9.01. The summed E-state index contributed by atoms with van der Waals surface area (Å²) < 4.78 is 11.7. The highest BCUT2D eigenvalue weighted by Crippen LogP contribution is 2.36. The number of carbonyl (C=O) groups is 6. The zero-order valence-corrected chi connectivity index (χ0v) is 37.1. The summed E-state index contributed by atoms with van der Waals surface area (Å²) in [5.41, 5.74) is 4.74. The number of nitrogens with one attached hydrogen (secondary N) is 4. The first-order chi connectivity index (χ1) is 32.7. The zero-order valence-electron chi connectivity index (χ0n) is 37.1. The molecule has 4 N–H and O–H groups in total. The number of rotatable bonds is 21. The van der Waals surface area contributed by atoms with Crippen molar-refractivity contribution in [2.45, 2.75) is 95.9 Å². The van der Waals surface area contributed by atoms with Crippen molar-refractivity contribution in [2.75, 3.05) is 35.7 Å². The number of ether oxygens (including phenoxy) is 2. The van der Waals surface area contributed by atoms with Gasteiger partial charge in [0.2, 0.25) is 11.8 Å². The van der Waals surface area contributed by atoms with Gasteiger partial charge in [-0.15, -0.1) is 0 Å². The van der Waals surface area contributed by atoms with Gasteiger partial charge >= 0.3 is 0 Å². The summed E-state index contributed by atoms with van der Waals surface area (Å²) in [6.45, 7) is 1.76. The number of aromatic nitrogens is 4. The molecule has 1 atom stereocenters. The number of fused-ring (bicyclic) bond motifs is 2. The third kappa shape index (κ3) is 11.0. The van der Waals surface area contributed by atoms with Crippen LogP contribution in [-0.4, -0.2) is 91.9 Å². The number of pyridine rings is 4. The molecule has 67 heavy (non-hydrogen) atoms. The molecule has 0 spiro atoms. The van der Waals surface area contributed by atoms with E-state index in [0.29, 0.717) is 81.2 Å². The summed E-state index contributed by atoms with van der Waals surface area (Å²) in [6.07, 6.45) is 14.0. The molecule has 4 amide bonds. The van der Waals surface area contributed by atoms with Crippen molar-refractivity contribution >= 4 is 69.1 Å². The summed E-state index contributed by atoms with van der Waals surface area (Å²) in [4.78, 5) is 96.0. The highest BCUT2D eigenvalue weighted by Gasteiger charge is 2.45. The first kappa shape index (κ1) is 45.2. The van der Waals surface area contributed by atoms with E-state index in [-0.39, 0.29) is 47.4 Å². The highest BCUT2D eigenvalue weighted by molar-refractivity contribution is 6.25. The van der Waals surface area contributed by atoms with E-state index in [0.717, 1.165) is 71.3 Å². The van der Waals surface area contributed by atoms with Gasteiger partial charge in [0.05, 0.1) is 53.4 Å². The second-order valence-electron chi connectivity index (χ2n) is 17.7. The molecule has 2 aliphatic heterocycles. The molecule has 9 rings (SSSR count). The third-order valence-electron chi connectivity index (χ3n) is 12.8. The summed E-state index contributed by atoms with van der Waals surface area (Å²) in [5.74, 6) is -0.336. The number of ketones is 2. The van der Waals surface area contributed by atoms with E-state index in [9.17, 15) is 28.8 Å². The van der Waals surface area contributed by atoms with E-state index >= 15 is 0 Å². The van der Waals surface area contributed by atoms with Crippen LogP contribution in [0.3, 0.4) is 0 Å². The maximum absolute atomic E-state index is 13.6. The first-order valence-corrected chi connectivity index (χ1v) is 23.1. The summed E-state index contributed by atoms with van der Waals surface area (Å²) in [7, 11) is 0. The molecule has 4 aliphatic rings. The number of hydrogen-bond donors (Lipinski definition) is 4. The van der Waals surface area contributed by atoms with Crippen LogP contribution in [0.25, 0.3) is 10.9 Å². The van der Waals surface area contributed by atoms with Crippen LogP contribution in [0.4, 0.5) is 23.0 Å². The van der Waals surface area contributed by atoms with Gasteiger partial charge in [-0.1, -0.05) is 12.1 Å². The van der Waals surface area contributed by atoms with Crippen LogP contribution in [0.15, 0.2) is 79.4 Å². The highest BCUT2D eigenvalue weighted by atomic mass is 16.5. The minimum atomic E-state index is -1.03. The number of anilines is 4. The Labute approximate surface area is 387 Å². The van der Waals surface area contributed by atoms with E-state index in [4.69, 9.17) is 9.47 Å². The zero-order chi connectivity index (χ0) is 46.3. The standard InChI is InChI=1S/C50H53N9O8/c60-42(32-9-6-30(7-10-32)23-43(61)37-27-54-45(24-40(37)55-34-13-14-34)57-44-16-11-33-26-51-19-18-38(33)56-44)5-2-21-66-29-35-12-8-31(25-53-35)28-67-22-20-52-39-4-1-3-36-47(39)50(65)59(49(36)64)41-15-17-46(62)58-48(41)63/h1,3-4,8,11-12,16,18-19,24-27,30,32,34,41,52H,2,5-7,9-10,13-15,17,20-23,28-29H2,(H,58,62,63)(H2,54,55,56,57). The number of piperidine rings is 1. The lowest BCUT2D eigenvalue weighted by Gasteiger charge is -2.27. The monoisotopic (exact) mass is 907 g/mol. The van der Waals surface area contributed by atoms with E-state index in [2.05, 4.69) is 41.2 Å². The minimum Gasteiger partial charge on any atom is -0.382 e. The van der Waals surface area contributed by atoms with Gasteiger partial charge in [0.15, 0.2) is 5.78 Å². The second kappa shape index (κ2) is 20.7. The molecule has 1 saturated heterocycles. The molecule has 6 heterocycles. The molecule has 1 aromatic carbocycles. The number of imide groups is 2. The van der Waals surface area contributed by atoms with Crippen molar-refractivity contribution in [3.8, 4) is 0 Å². The predicted molar refractivity (Wildman–Crippen MR) is 247 cm³/mol. The second-order valence-corrected chi connectivity index (χ2v) is 17.7. The Morgan fingerprint density at radius 2 is 1.66 bits per heavy atom. The number of benzene rings is 1. The lowest BCUT2D eigenvalue weighted by Crippen LogP contribution is -2.54. The maximum atomic E-state index is 13.6. The molecule has 0 bridgehead atoms. The van der Waals surface area contributed by atoms with E-state index in [1.807, 2.05) is 36.4 Å². The Hall–Kier alpha value is -6.98. The molecule has 5 aromatic rings. The molecule has 17 nitrogen and oxygen atoms in total. The molecule has 2 saturated carbocycles. The summed E-state index contributed by atoms with van der Waals surface area (Å²) >= 11 is 0. The Morgan fingerprint density at radius 1 is 0.806 bits per heavy atom. The normalized spacial score (nSPS) is 19.3. The van der Waals surface area contributed by atoms with E-state index in [1.54, 1.807) is 43.0 Å². The van der Waals surface area contributed by atoms with Crippen molar-refractivity contribution in [1.29, 1.82) is 0 Å². The molecular formula is C50H53N9O8. The smallest absolute Gasteiger partial charge is 0.264 e. The van der Waals surface area contributed by atoms with Crippen LogP contribution in [0, 0.1) is 11.8 Å². The van der Waals surface area contributed by atoms with Crippen LogP contribution in [0.1, 0.15) is 113 Å². The summed E-state index contributed by atoms with van der Waals surface area (Å²) in [5, 5.41) is 13.1. The SMILES string of the molecule is O=C1CCC(N2C(=O)c3cccc(NCCOCc4ccc(COCCCC(=O)C5CCC(CC(=O)c6cnc(Nc7ccc8cnccc8n7)cc6NC6CC6)CC5)nc4)c3C2=O)C(=O)N1. The van der Waals surface area contributed by atoms with Gasteiger partial charge in [-0.2, -0.15) is 0 Å². The average Bonchev–Trinajstić information content (AvgIpc) is 4.12. The van der Waals surface area contributed by atoms with Crippen LogP contribution >= 0.6 is 0 Å². The van der Waals surface area contributed by atoms with Gasteiger partial charge in [-0.25, -0.2) is 9.97 Å². The summed E-state index contributed by atoms with van der Waals surface area (Å²) in [6, 6.07) is 15.7. The number of Topliss-reactive ketones (excluding diaryl/α,β-unsaturated/α-hetero) is 2. The van der Waals surface area contributed by atoms with Crippen LogP contribution in [0.2, 0.25) is 0 Å². The van der Waals surface area contributed by atoms with Crippen molar-refractivity contribution in [3.05, 3.63) is 107 Å². The predicted octanol–water partition coefficient (Wildman–Crippen LogP) is 6.71. The Morgan fingerprint density at radius 3 is 2.46 bits per heavy atom. The van der Waals surface area contributed by atoms with Gasteiger partial charge in [-0.05, 0) is 99.2 Å². The van der Waals surface area contributed by atoms with E-state index in [1.165, 1.54) is 0 Å². The number of amides is 4. The van der Waals surface area contributed by atoms with Crippen molar-refractivity contribution in [1.82, 2.24) is 30.2 Å². The van der Waals surface area contributed by atoms with Gasteiger partial charge in [-0.3, -0.25) is 49.0 Å². The Balaban J connectivity index is 0.648. The molecule has 1 unspecified atom stereocenters. The topological polar surface area (TPSA) is 224 Å². The average molecular weight is 908 g/mol. The minimum absolute atomic E-state index is 0.0180. The van der Waals surface area contributed by atoms with Crippen LogP contribution in [-0.2, 0) is 37.1 Å². The lowest BCUT2D eigenvalue weighted by molar-refractivity contribution is -0.136. The number of nitrogens with zero attached hydrogens (tertiary/aromatic N) is 5. The number of carbonyl (C=O) groups excluding carboxylic acids is 6. The van der Waals surface area contributed by atoms with Crippen molar-refractivity contribution in [2.24, 2.45) is 11.8 Å². The largest absolute Gasteiger partial charge is 0.382 e. The molecule has 346 valence electrons. The first-order valence-electron chi connectivity index (χ1n) is 23.1. The molecule has 2 aliphatic carbocycles. The molecule has 3 fully saturated rings. The fourth-order valence-electron chi connectivity index (χ4n) is 9.01. The Kier molecular flexibility index (Phi) is 13.9. The fraction of sp³-hybridized carbons (Fsp3) is 0.400. The third-order valence-corrected chi connectivity index (χ3v) is 12.8. The van der Waals surface area contributed by atoms with Gasteiger partial charge in [0.1, 0.15) is 23.5 Å². The van der Waals surface area contributed by atoms with Gasteiger partial charge < -0.3 is 25.4 Å². The van der Waals surface area contributed by atoms with Crippen molar-refractivity contribution < 1.29 is 38.2 Å². The molecule has 0 radical (unpaired) electrons. The van der Waals surface area contributed by atoms with Crippen molar-refractivity contribution in [3.63, 3.8) is 0 Å². The molecular weight excluding hydrogens is 855 g/mol. The number of hydrogen-bond acceptors (Lipinski definition) is 15. The van der Waals surface area contributed by atoms with Crippen LogP contribution < -0.4 is 21.3 Å². The quantitative estimate of drug-likeness (QED) is 0.0341. The molecule has 4 aromatic heterocycles. The molecule has 17 heteroatoms. The van der Waals surface area contributed by atoms with Crippen LogP contribution in [0.5, 0.6) is 0 Å². The van der Waals surface area contributed by atoms with E-state index < -0.39 is 29.7 Å².